The predicted octanol–water partition coefficient (Wildman–Crippen LogP) is 6.16. The lowest BCUT2D eigenvalue weighted by Crippen LogP contribution is -2.54. The number of nitrogens with one attached hydrogen (secondary N) is 1. The van der Waals surface area contributed by atoms with Gasteiger partial charge in [0.25, 0.3) is 0 Å². The van der Waals surface area contributed by atoms with Crippen LogP contribution in [0.25, 0.3) is 0 Å². The van der Waals surface area contributed by atoms with E-state index >= 15 is 0 Å². The fraction of sp³-hybridized carbons (Fsp3) is 0.333. The first-order valence-corrected chi connectivity index (χ1v) is 12.8. The van der Waals surface area contributed by atoms with Gasteiger partial charge in [-0.15, -0.1) is 0 Å². The molecule has 3 aromatic rings. The van der Waals surface area contributed by atoms with Crippen LogP contribution in [-0.4, -0.2) is 28.3 Å². The summed E-state index contributed by atoms with van der Waals surface area (Å²) < 4.78 is 0.973. The van der Waals surface area contributed by atoms with Crippen LogP contribution in [0.3, 0.4) is 0 Å². The van der Waals surface area contributed by atoms with Crippen molar-refractivity contribution in [2.75, 3.05) is 0 Å². The normalized spacial score (nSPS) is 12.2. The van der Waals surface area contributed by atoms with Crippen molar-refractivity contribution >= 4 is 27.7 Å². The molecule has 0 heterocycles. The van der Waals surface area contributed by atoms with E-state index < -0.39 is 11.6 Å². The first-order chi connectivity index (χ1) is 16.5. The van der Waals surface area contributed by atoms with Crippen LogP contribution in [0.15, 0.2) is 77.3 Å². The zero-order chi connectivity index (χ0) is 25.6. The van der Waals surface area contributed by atoms with Gasteiger partial charge in [-0.25, -0.2) is 0 Å². The van der Waals surface area contributed by atoms with Crippen LogP contribution in [0.2, 0.25) is 0 Å². The summed E-state index contributed by atoms with van der Waals surface area (Å²) in [6.07, 6.45) is 0.690. The second-order valence-corrected chi connectivity index (χ2v) is 11.1. The maximum atomic E-state index is 13.9. The molecular weight excluding hydrogens is 500 g/mol. The zero-order valence-corrected chi connectivity index (χ0v) is 22.9. The molecule has 0 aliphatic rings. The fourth-order valence-corrected chi connectivity index (χ4v) is 4.31. The Morgan fingerprint density at radius 2 is 1.57 bits per heavy atom. The number of hydrogen-bond donors (Lipinski definition) is 1. The maximum absolute atomic E-state index is 13.9. The number of benzene rings is 3. The lowest BCUT2D eigenvalue weighted by molar-refractivity contribution is -0.141. The van der Waals surface area contributed by atoms with Gasteiger partial charge in [-0.2, -0.15) is 0 Å². The molecule has 0 aliphatic carbocycles. The van der Waals surface area contributed by atoms with Gasteiger partial charge in [0.15, 0.2) is 0 Å². The molecule has 0 spiro atoms. The molecular formula is C30H35BrN2O2. The highest BCUT2D eigenvalue weighted by Crippen LogP contribution is 2.20. The summed E-state index contributed by atoms with van der Waals surface area (Å²) in [7, 11) is 0. The lowest BCUT2D eigenvalue weighted by Gasteiger charge is -2.34. The Balaban J connectivity index is 2.01. The number of carbonyl (C=O) groups excluding carboxylic acids is 2. The van der Waals surface area contributed by atoms with Crippen LogP contribution in [-0.2, 0) is 29.0 Å². The quantitative estimate of drug-likeness (QED) is 0.376. The van der Waals surface area contributed by atoms with Crippen LogP contribution >= 0.6 is 15.9 Å². The average molecular weight is 536 g/mol. The average Bonchev–Trinajstić information content (AvgIpc) is 2.79. The van der Waals surface area contributed by atoms with E-state index in [9.17, 15) is 9.59 Å². The van der Waals surface area contributed by atoms with E-state index in [-0.39, 0.29) is 18.2 Å². The summed E-state index contributed by atoms with van der Waals surface area (Å²) in [5, 5.41) is 3.11. The number of carbonyl (C=O) groups is 2. The van der Waals surface area contributed by atoms with Crippen molar-refractivity contribution in [1.29, 1.82) is 0 Å². The number of halogens is 1. The number of hydrogen-bond acceptors (Lipinski definition) is 2. The Hall–Kier alpha value is -2.92. The Labute approximate surface area is 217 Å². The smallest absolute Gasteiger partial charge is 0.243 e. The fourth-order valence-electron chi connectivity index (χ4n) is 4.05. The first kappa shape index (κ1) is 26.7. The highest BCUT2D eigenvalue weighted by molar-refractivity contribution is 9.10. The van der Waals surface area contributed by atoms with Crippen molar-refractivity contribution in [3.05, 3.63) is 105 Å². The highest BCUT2D eigenvalue weighted by Gasteiger charge is 2.32. The summed E-state index contributed by atoms with van der Waals surface area (Å²) in [5.74, 6) is -0.209. The Kier molecular flexibility index (Phi) is 8.90. The summed E-state index contributed by atoms with van der Waals surface area (Å²) >= 11 is 3.48. The van der Waals surface area contributed by atoms with Crippen LogP contribution in [0, 0.1) is 13.8 Å². The minimum absolute atomic E-state index is 0.0633. The lowest BCUT2D eigenvalue weighted by atomic mass is 9.98. The van der Waals surface area contributed by atoms with E-state index in [0.29, 0.717) is 13.0 Å². The van der Waals surface area contributed by atoms with E-state index in [4.69, 9.17) is 0 Å². The standard InChI is InChI=1S/C30H35BrN2O2/c1-21-11-12-22(2)25(17-21)19-28(34)33(20-24-13-15-26(31)16-14-24)27(29(35)32-30(3,4)5)18-23-9-7-6-8-10-23/h6-17,27H,18-20H2,1-5H3,(H,32,35). The van der Waals surface area contributed by atoms with Crippen molar-refractivity contribution in [1.82, 2.24) is 10.2 Å². The third-order valence-electron chi connectivity index (χ3n) is 5.88. The van der Waals surface area contributed by atoms with Gasteiger partial charge in [0.2, 0.25) is 11.8 Å². The molecule has 5 heteroatoms. The molecule has 3 aromatic carbocycles. The Bertz CT molecular complexity index is 1150. The van der Waals surface area contributed by atoms with E-state index in [1.165, 1.54) is 0 Å². The SMILES string of the molecule is Cc1ccc(C)c(CC(=O)N(Cc2ccc(Br)cc2)C(Cc2ccccc2)C(=O)NC(C)(C)C)c1. The summed E-state index contributed by atoms with van der Waals surface area (Å²) in [6.45, 7) is 10.3. The third-order valence-corrected chi connectivity index (χ3v) is 6.41. The summed E-state index contributed by atoms with van der Waals surface area (Å²) in [5.41, 5.74) is 4.76. The van der Waals surface area contributed by atoms with Gasteiger partial charge in [-0.3, -0.25) is 9.59 Å². The van der Waals surface area contributed by atoms with Gasteiger partial charge in [-0.1, -0.05) is 82.2 Å². The van der Waals surface area contributed by atoms with Gasteiger partial charge in [0, 0.05) is 23.0 Å². The molecule has 35 heavy (non-hydrogen) atoms. The van der Waals surface area contributed by atoms with Crippen LogP contribution in [0.1, 0.15) is 48.6 Å². The molecule has 1 atom stereocenters. The van der Waals surface area contributed by atoms with Crippen molar-refractivity contribution in [2.24, 2.45) is 0 Å². The van der Waals surface area contributed by atoms with E-state index in [1.807, 2.05) is 95.3 Å². The van der Waals surface area contributed by atoms with E-state index in [0.717, 1.165) is 32.3 Å². The largest absolute Gasteiger partial charge is 0.350 e. The molecule has 1 unspecified atom stereocenters. The molecule has 0 aromatic heterocycles. The van der Waals surface area contributed by atoms with Gasteiger partial charge >= 0.3 is 0 Å². The van der Waals surface area contributed by atoms with Crippen LogP contribution in [0.4, 0.5) is 0 Å². The monoisotopic (exact) mass is 534 g/mol. The zero-order valence-electron chi connectivity index (χ0n) is 21.3. The molecule has 0 bridgehead atoms. The van der Waals surface area contributed by atoms with Crippen molar-refractivity contribution < 1.29 is 9.59 Å². The van der Waals surface area contributed by atoms with Gasteiger partial charge < -0.3 is 10.2 Å². The maximum Gasteiger partial charge on any atom is 0.243 e. The van der Waals surface area contributed by atoms with Gasteiger partial charge in [0.05, 0.1) is 6.42 Å². The predicted molar refractivity (Wildman–Crippen MR) is 146 cm³/mol. The van der Waals surface area contributed by atoms with Crippen LogP contribution in [0.5, 0.6) is 0 Å². The number of aryl methyl sites for hydroxylation is 2. The Morgan fingerprint density at radius 3 is 2.20 bits per heavy atom. The van der Waals surface area contributed by atoms with Crippen LogP contribution < -0.4 is 5.32 Å². The summed E-state index contributed by atoms with van der Waals surface area (Å²) in [6, 6.07) is 23.3. The van der Waals surface area contributed by atoms with Gasteiger partial charge in [0.1, 0.15) is 6.04 Å². The second kappa shape index (κ2) is 11.7. The number of rotatable bonds is 8. The third kappa shape index (κ3) is 8.07. The van der Waals surface area contributed by atoms with E-state index in [1.54, 1.807) is 4.90 Å². The summed E-state index contributed by atoms with van der Waals surface area (Å²) in [4.78, 5) is 29.2. The topological polar surface area (TPSA) is 49.4 Å². The van der Waals surface area contributed by atoms with Crippen molar-refractivity contribution in [3.8, 4) is 0 Å². The molecule has 1 N–H and O–H groups in total. The number of amides is 2. The molecule has 0 aliphatic heterocycles. The molecule has 2 amide bonds. The minimum atomic E-state index is -0.641. The molecule has 0 saturated heterocycles. The Morgan fingerprint density at radius 1 is 0.914 bits per heavy atom. The molecule has 0 radical (unpaired) electrons. The van der Waals surface area contributed by atoms with E-state index in [2.05, 4.69) is 33.4 Å². The highest BCUT2D eigenvalue weighted by atomic mass is 79.9. The van der Waals surface area contributed by atoms with Gasteiger partial charge in [-0.05, 0) is 69.0 Å². The van der Waals surface area contributed by atoms with Crippen molar-refractivity contribution in [3.63, 3.8) is 0 Å². The molecule has 184 valence electrons. The molecule has 4 nitrogen and oxygen atoms in total. The first-order valence-electron chi connectivity index (χ1n) is 12.0. The number of nitrogens with zero attached hydrogens (tertiary/aromatic N) is 1. The second-order valence-electron chi connectivity index (χ2n) is 10.2. The molecule has 0 saturated carbocycles. The van der Waals surface area contributed by atoms with Crippen molar-refractivity contribution in [2.45, 2.75) is 65.6 Å². The molecule has 0 fully saturated rings. The minimum Gasteiger partial charge on any atom is -0.350 e. The molecule has 3 rings (SSSR count).